The van der Waals surface area contributed by atoms with Crippen LogP contribution in [0.4, 0.5) is 0 Å². The highest BCUT2D eigenvalue weighted by Gasteiger charge is 2.52. The minimum absolute atomic E-state index is 0.0673. The minimum atomic E-state index is -0.342. The molecular weight excluding hydrogens is 180 g/mol. The molecule has 0 radical (unpaired) electrons. The number of hydrogen-bond donors (Lipinski definition) is 0. The van der Waals surface area contributed by atoms with Crippen molar-refractivity contribution in [2.45, 2.75) is 6.42 Å². The van der Waals surface area contributed by atoms with E-state index in [1.807, 2.05) is 18.2 Å². The van der Waals surface area contributed by atoms with E-state index in [1.165, 1.54) is 0 Å². The van der Waals surface area contributed by atoms with E-state index >= 15 is 0 Å². The quantitative estimate of drug-likeness (QED) is 0.326. The van der Waals surface area contributed by atoms with E-state index in [-0.39, 0.29) is 35.6 Å². The van der Waals surface area contributed by atoms with Crippen LogP contribution in [0.5, 0.6) is 0 Å². The number of ether oxygens (including phenoxy) is 1. The number of esters is 2. The van der Waals surface area contributed by atoms with Crippen molar-refractivity contribution < 1.29 is 14.3 Å². The fourth-order valence-corrected chi connectivity index (χ4v) is 2.68. The maximum atomic E-state index is 11.5. The summed E-state index contributed by atoms with van der Waals surface area (Å²) in [5, 5.41) is 0. The van der Waals surface area contributed by atoms with Crippen molar-refractivity contribution >= 4 is 11.9 Å². The van der Waals surface area contributed by atoms with Gasteiger partial charge in [-0.15, -0.1) is 0 Å². The summed E-state index contributed by atoms with van der Waals surface area (Å²) in [6.45, 7) is 0. The Morgan fingerprint density at radius 3 is 2.71 bits per heavy atom. The van der Waals surface area contributed by atoms with Crippen LogP contribution in [0.3, 0.4) is 0 Å². The molecule has 0 aromatic carbocycles. The molecule has 0 N–H and O–H groups in total. The lowest BCUT2D eigenvalue weighted by Gasteiger charge is -2.25. The van der Waals surface area contributed by atoms with Crippen molar-refractivity contribution in [3.63, 3.8) is 0 Å². The second-order valence-corrected chi connectivity index (χ2v) is 4.08. The van der Waals surface area contributed by atoms with Gasteiger partial charge in [-0.05, 0) is 12.3 Å². The van der Waals surface area contributed by atoms with Crippen molar-refractivity contribution in [1.29, 1.82) is 0 Å². The zero-order chi connectivity index (χ0) is 9.71. The first-order valence-electron chi connectivity index (χ1n) is 4.88. The van der Waals surface area contributed by atoms with Gasteiger partial charge in [0.15, 0.2) is 0 Å². The molecule has 3 aliphatic carbocycles. The summed E-state index contributed by atoms with van der Waals surface area (Å²) in [5.74, 6) is -0.927. The van der Waals surface area contributed by atoms with Crippen LogP contribution < -0.4 is 0 Å². The van der Waals surface area contributed by atoms with E-state index in [1.54, 1.807) is 0 Å². The highest BCUT2D eigenvalue weighted by atomic mass is 16.6. The van der Waals surface area contributed by atoms with Gasteiger partial charge in [-0.1, -0.05) is 24.3 Å². The normalized spacial score (nSPS) is 43.7. The number of fused-ring (bicyclic) bond motifs is 1. The third-order valence-electron chi connectivity index (χ3n) is 3.36. The van der Waals surface area contributed by atoms with Gasteiger partial charge in [0.2, 0.25) is 0 Å². The SMILES string of the molecule is O=C1OC(=O)[C@H]2C3C=CC(C=CC3)[C@@H]12. The van der Waals surface area contributed by atoms with Gasteiger partial charge in [0.05, 0.1) is 11.8 Å². The van der Waals surface area contributed by atoms with Gasteiger partial charge < -0.3 is 4.74 Å². The Bertz CT molecular complexity index is 367. The van der Waals surface area contributed by atoms with Crippen LogP contribution in [-0.4, -0.2) is 11.9 Å². The second kappa shape index (κ2) is 2.56. The van der Waals surface area contributed by atoms with Crippen LogP contribution in [-0.2, 0) is 14.3 Å². The van der Waals surface area contributed by atoms with Crippen LogP contribution in [0.2, 0.25) is 0 Å². The highest BCUT2D eigenvalue weighted by Crippen LogP contribution is 2.44. The smallest absolute Gasteiger partial charge is 0.318 e. The van der Waals surface area contributed by atoms with Gasteiger partial charge >= 0.3 is 11.9 Å². The summed E-state index contributed by atoms with van der Waals surface area (Å²) in [6, 6.07) is 0. The van der Waals surface area contributed by atoms with Crippen LogP contribution in [0.15, 0.2) is 24.3 Å². The van der Waals surface area contributed by atoms with Crippen molar-refractivity contribution in [1.82, 2.24) is 0 Å². The third-order valence-corrected chi connectivity index (χ3v) is 3.36. The molecule has 0 amide bonds. The first-order chi connectivity index (χ1) is 6.77. The summed E-state index contributed by atoms with van der Waals surface area (Å²) < 4.78 is 4.69. The Labute approximate surface area is 81.4 Å². The molecule has 14 heavy (non-hydrogen) atoms. The molecule has 1 aliphatic heterocycles. The van der Waals surface area contributed by atoms with E-state index < -0.39 is 0 Å². The maximum absolute atomic E-state index is 11.5. The van der Waals surface area contributed by atoms with Crippen molar-refractivity contribution in [2.75, 3.05) is 0 Å². The van der Waals surface area contributed by atoms with E-state index in [4.69, 9.17) is 4.74 Å². The lowest BCUT2D eigenvalue weighted by Crippen LogP contribution is -2.31. The monoisotopic (exact) mass is 190 g/mol. The summed E-state index contributed by atoms with van der Waals surface area (Å²) in [6.07, 6.45) is 8.99. The van der Waals surface area contributed by atoms with E-state index in [0.29, 0.717) is 0 Å². The molecule has 4 atom stereocenters. The highest BCUT2D eigenvalue weighted by molar-refractivity contribution is 5.97. The molecule has 3 nitrogen and oxygen atoms in total. The minimum Gasteiger partial charge on any atom is -0.393 e. The Hall–Kier alpha value is -1.38. The molecule has 4 rings (SSSR count). The van der Waals surface area contributed by atoms with Gasteiger partial charge in [0.25, 0.3) is 0 Å². The molecule has 1 fully saturated rings. The molecular formula is C11H10O3. The summed E-state index contributed by atoms with van der Waals surface area (Å²) in [7, 11) is 0. The molecule has 0 saturated carbocycles. The van der Waals surface area contributed by atoms with E-state index in [0.717, 1.165) is 6.42 Å². The summed E-state index contributed by atoms with van der Waals surface area (Å²) in [5.41, 5.74) is 0. The predicted octanol–water partition coefficient (Wildman–Crippen LogP) is 1.06. The Kier molecular flexibility index (Phi) is 1.46. The zero-order valence-electron chi connectivity index (χ0n) is 7.55. The number of cyclic esters (lactones) is 2. The Morgan fingerprint density at radius 2 is 1.86 bits per heavy atom. The molecule has 4 aliphatic rings. The number of carbonyl (C=O) groups is 2. The molecule has 1 saturated heterocycles. The lowest BCUT2D eigenvalue weighted by atomic mass is 9.73. The second-order valence-electron chi connectivity index (χ2n) is 4.08. The topological polar surface area (TPSA) is 43.4 Å². The Balaban J connectivity index is 2.10. The number of carbonyl (C=O) groups excluding carboxylic acids is 2. The molecule has 72 valence electrons. The fraction of sp³-hybridized carbons (Fsp3) is 0.455. The predicted molar refractivity (Wildman–Crippen MR) is 48.0 cm³/mol. The average Bonchev–Trinajstić information content (AvgIpc) is 2.42. The van der Waals surface area contributed by atoms with Crippen LogP contribution in [0, 0.1) is 23.7 Å². The van der Waals surface area contributed by atoms with Crippen molar-refractivity contribution in [2.24, 2.45) is 23.7 Å². The largest absolute Gasteiger partial charge is 0.393 e. The molecule has 2 unspecified atom stereocenters. The molecule has 3 heteroatoms. The molecule has 1 heterocycles. The van der Waals surface area contributed by atoms with Crippen LogP contribution in [0.25, 0.3) is 0 Å². The third kappa shape index (κ3) is 0.870. The van der Waals surface area contributed by atoms with Gasteiger partial charge in [-0.25, -0.2) is 0 Å². The average molecular weight is 190 g/mol. The maximum Gasteiger partial charge on any atom is 0.318 e. The van der Waals surface area contributed by atoms with Gasteiger partial charge in [0, 0.05) is 5.92 Å². The van der Waals surface area contributed by atoms with Crippen molar-refractivity contribution in [3.8, 4) is 0 Å². The zero-order valence-corrected chi connectivity index (χ0v) is 7.55. The van der Waals surface area contributed by atoms with Gasteiger partial charge in [-0.2, -0.15) is 0 Å². The van der Waals surface area contributed by atoms with Gasteiger partial charge in [-0.3, -0.25) is 9.59 Å². The summed E-state index contributed by atoms with van der Waals surface area (Å²) >= 11 is 0. The summed E-state index contributed by atoms with van der Waals surface area (Å²) in [4.78, 5) is 22.9. The Morgan fingerprint density at radius 1 is 1.07 bits per heavy atom. The first kappa shape index (κ1) is 7.97. The lowest BCUT2D eigenvalue weighted by molar-refractivity contribution is -0.154. The number of hydrogen-bond acceptors (Lipinski definition) is 3. The van der Waals surface area contributed by atoms with Crippen LogP contribution >= 0.6 is 0 Å². The molecule has 0 aromatic heterocycles. The van der Waals surface area contributed by atoms with Crippen molar-refractivity contribution in [3.05, 3.63) is 24.3 Å². The first-order valence-corrected chi connectivity index (χ1v) is 4.88. The molecule has 0 spiro atoms. The number of allylic oxidation sites excluding steroid dienone is 4. The number of rotatable bonds is 0. The standard InChI is InChI=1S/C11H10O3/c12-10-8-6-2-1-3-7(5-4-6)9(8)11(13)14-10/h1-2,4-9H,3H2/t6?,7?,8-,9+/m1/s1. The van der Waals surface area contributed by atoms with E-state index in [9.17, 15) is 9.59 Å². The van der Waals surface area contributed by atoms with Gasteiger partial charge in [0.1, 0.15) is 0 Å². The molecule has 2 bridgehead atoms. The van der Waals surface area contributed by atoms with E-state index in [2.05, 4.69) is 6.08 Å². The molecule has 0 aromatic rings. The fourth-order valence-electron chi connectivity index (χ4n) is 2.68. The van der Waals surface area contributed by atoms with Crippen LogP contribution in [0.1, 0.15) is 6.42 Å².